The molecule has 2 aromatic rings. The molecule has 4 heterocycles. The fraction of sp³-hybridized carbons (Fsp3) is 0.409. The van der Waals surface area contributed by atoms with E-state index < -0.39 is 0 Å². The highest BCUT2D eigenvalue weighted by Crippen LogP contribution is 2.33. The molecule has 0 aliphatic carbocycles. The SMILES string of the molecule is COc1cc(/C=C2/NC(=S)NC2=O)ccc1Oc1nc(N2CCOCC2)nc(N2CCOCC2)n1. The van der Waals surface area contributed by atoms with Crippen molar-refractivity contribution in [2.45, 2.75) is 0 Å². The molecule has 1 amide bonds. The zero-order valence-electron chi connectivity index (χ0n) is 19.2. The van der Waals surface area contributed by atoms with E-state index >= 15 is 0 Å². The first-order valence-electron chi connectivity index (χ1n) is 11.2. The average Bonchev–Trinajstić information content (AvgIpc) is 3.21. The van der Waals surface area contributed by atoms with Gasteiger partial charge in [0.1, 0.15) is 5.70 Å². The molecule has 0 spiro atoms. The molecule has 12 nitrogen and oxygen atoms in total. The number of carbonyl (C=O) groups is 1. The molecule has 5 rings (SSSR count). The molecule has 13 heteroatoms. The largest absolute Gasteiger partial charge is 0.493 e. The van der Waals surface area contributed by atoms with E-state index in [9.17, 15) is 4.79 Å². The van der Waals surface area contributed by atoms with E-state index in [-0.39, 0.29) is 17.0 Å². The summed E-state index contributed by atoms with van der Waals surface area (Å²) in [6.45, 7) is 5.17. The van der Waals surface area contributed by atoms with Crippen molar-refractivity contribution in [3.05, 3.63) is 29.5 Å². The van der Waals surface area contributed by atoms with Crippen molar-refractivity contribution >= 4 is 41.2 Å². The average molecular weight is 500 g/mol. The minimum Gasteiger partial charge on any atom is -0.493 e. The highest BCUT2D eigenvalue weighted by molar-refractivity contribution is 7.80. The van der Waals surface area contributed by atoms with Crippen molar-refractivity contribution < 1.29 is 23.7 Å². The third kappa shape index (κ3) is 5.42. The fourth-order valence-electron chi connectivity index (χ4n) is 3.80. The Kier molecular flexibility index (Phi) is 6.88. The number of benzene rings is 1. The predicted octanol–water partition coefficient (Wildman–Crippen LogP) is 0.691. The van der Waals surface area contributed by atoms with Crippen LogP contribution in [0.5, 0.6) is 17.5 Å². The van der Waals surface area contributed by atoms with Gasteiger partial charge in [-0.05, 0) is 36.0 Å². The normalized spacial score (nSPS) is 19.5. The van der Waals surface area contributed by atoms with Crippen LogP contribution in [-0.4, -0.2) is 85.7 Å². The lowest BCUT2D eigenvalue weighted by Crippen LogP contribution is -2.40. The van der Waals surface area contributed by atoms with Crippen molar-refractivity contribution in [2.75, 3.05) is 69.5 Å². The Bertz CT molecular complexity index is 1110. The topological polar surface area (TPSA) is 123 Å². The number of rotatable bonds is 6. The van der Waals surface area contributed by atoms with Gasteiger partial charge in [-0.2, -0.15) is 15.0 Å². The van der Waals surface area contributed by atoms with Gasteiger partial charge < -0.3 is 34.1 Å². The number of carbonyl (C=O) groups excluding carboxylic acids is 1. The summed E-state index contributed by atoms with van der Waals surface area (Å²) < 4.78 is 22.6. The maximum absolute atomic E-state index is 11.9. The molecule has 3 fully saturated rings. The number of amides is 1. The number of ether oxygens (including phenoxy) is 4. The monoisotopic (exact) mass is 499 g/mol. The summed E-state index contributed by atoms with van der Waals surface area (Å²) >= 11 is 4.98. The Hall–Kier alpha value is -3.55. The minimum atomic E-state index is -0.286. The van der Waals surface area contributed by atoms with Crippen LogP contribution in [0.25, 0.3) is 6.08 Å². The number of aromatic nitrogens is 3. The van der Waals surface area contributed by atoms with Gasteiger partial charge in [0.2, 0.25) is 11.9 Å². The number of thiocarbonyl (C=S) groups is 1. The summed E-state index contributed by atoms with van der Waals surface area (Å²) in [6.07, 6.45) is 1.68. The molecule has 0 bridgehead atoms. The second kappa shape index (κ2) is 10.4. The smallest absolute Gasteiger partial charge is 0.328 e. The number of morpholine rings is 2. The molecule has 0 atom stereocenters. The maximum atomic E-state index is 11.9. The van der Waals surface area contributed by atoms with Crippen molar-refractivity contribution in [2.24, 2.45) is 0 Å². The quantitative estimate of drug-likeness (QED) is 0.429. The molecule has 1 aromatic carbocycles. The number of nitrogens with one attached hydrogen (secondary N) is 2. The molecule has 2 N–H and O–H groups in total. The minimum absolute atomic E-state index is 0.162. The van der Waals surface area contributed by atoms with Crippen molar-refractivity contribution in [1.29, 1.82) is 0 Å². The Morgan fingerprint density at radius 3 is 2.11 bits per heavy atom. The first-order valence-corrected chi connectivity index (χ1v) is 11.6. The van der Waals surface area contributed by atoms with Crippen LogP contribution in [0, 0.1) is 0 Å². The predicted molar refractivity (Wildman–Crippen MR) is 131 cm³/mol. The lowest BCUT2D eigenvalue weighted by Gasteiger charge is -2.30. The molecular formula is C22H25N7O5S. The Morgan fingerprint density at radius 2 is 1.57 bits per heavy atom. The van der Waals surface area contributed by atoms with E-state index in [1.165, 1.54) is 0 Å². The number of anilines is 2. The van der Waals surface area contributed by atoms with Gasteiger partial charge in [0.05, 0.1) is 33.5 Å². The summed E-state index contributed by atoms with van der Waals surface area (Å²) in [5.41, 5.74) is 1.09. The summed E-state index contributed by atoms with van der Waals surface area (Å²) in [6, 6.07) is 5.46. The van der Waals surface area contributed by atoms with Crippen LogP contribution in [0.3, 0.4) is 0 Å². The molecule has 184 valence electrons. The highest BCUT2D eigenvalue weighted by Gasteiger charge is 2.23. The Balaban J connectivity index is 1.43. The first kappa shape index (κ1) is 23.2. The number of hydrogen-bond acceptors (Lipinski definition) is 11. The van der Waals surface area contributed by atoms with Crippen molar-refractivity contribution in [3.63, 3.8) is 0 Å². The lowest BCUT2D eigenvalue weighted by atomic mass is 10.1. The fourth-order valence-corrected chi connectivity index (χ4v) is 4.00. The van der Waals surface area contributed by atoms with Gasteiger partial charge >= 0.3 is 6.01 Å². The zero-order valence-corrected chi connectivity index (χ0v) is 20.0. The summed E-state index contributed by atoms with van der Waals surface area (Å²) in [4.78, 5) is 29.9. The van der Waals surface area contributed by atoms with Crippen LogP contribution in [-0.2, 0) is 14.3 Å². The number of methoxy groups -OCH3 is 1. The second-order valence-electron chi connectivity index (χ2n) is 7.90. The van der Waals surface area contributed by atoms with Gasteiger partial charge in [0, 0.05) is 26.2 Å². The van der Waals surface area contributed by atoms with E-state index in [0.717, 1.165) is 5.56 Å². The Labute approximate surface area is 207 Å². The maximum Gasteiger partial charge on any atom is 0.328 e. The van der Waals surface area contributed by atoms with E-state index in [2.05, 4.69) is 30.4 Å². The molecule has 3 aliphatic heterocycles. The summed E-state index contributed by atoms with van der Waals surface area (Å²) in [5, 5.41) is 5.63. The second-order valence-corrected chi connectivity index (χ2v) is 8.30. The standard InChI is InChI=1S/C22H25N7O5S/c1-31-17-13-14(12-15-18(30)24-22(35)23-15)2-3-16(17)34-21-26-19(28-4-8-32-9-5-28)25-20(27-21)29-6-10-33-11-7-29/h2-3,12-13H,4-11H2,1H3,(H2,23,24,30,35)/b15-12+. The molecule has 0 unspecified atom stereocenters. The summed E-state index contributed by atoms with van der Waals surface area (Å²) in [5.74, 6) is 1.68. The van der Waals surface area contributed by atoms with Gasteiger partial charge in [-0.1, -0.05) is 6.07 Å². The van der Waals surface area contributed by atoms with Crippen molar-refractivity contribution in [1.82, 2.24) is 25.6 Å². The van der Waals surface area contributed by atoms with Crippen molar-refractivity contribution in [3.8, 4) is 17.5 Å². The van der Waals surface area contributed by atoms with Gasteiger partial charge in [-0.15, -0.1) is 0 Å². The third-order valence-corrected chi connectivity index (χ3v) is 5.80. The van der Waals surface area contributed by atoms with Crippen LogP contribution in [0.4, 0.5) is 11.9 Å². The first-order chi connectivity index (χ1) is 17.1. The van der Waals surface area contributed by atoms with Crippen LogP contribution in [0.2, 0.25) is 0 Å². The zero-order chi connectivity index (χ0) is 24.2. The van der Waals surface area contributed by atoms with Gasteiger partial charge in [0.25, 0.3) is 5.91 Å². The van der Waals surface area contributed by atoms with Crippen LogP contribution < -0.4 is 29.9 Å². The Morgan fingerprint density at radius 1 is 0.943 bits per heavy atom. The molecule has 0 radical (unpaired) electrons. The summed E-state index contributed by atoms with van der Waals surface area (Å²) in [7, 11) is 1.54. The van der Waals surface area contributed by atoms with E-state index in [1.807, 2.05) is 0 Å². The molecule has 1 aromatic heterocycles. The molecule has 3 aliphatic rings. The van der Waals surface area contributed by atoms with Crippen LogP contribution in [0.1, 0.15) is 5.56 Å². The van der Waals surface area contributed by atoms with Crippen LogP contribution in [0.15, 0.2) is 23.9 Å². The molecule has 35 heavy (non-hydrogen) atoms. The van der Waals surface area contributed by atoms with E-state index in [0.29, 0.717) is 81.7 Å². The number of nitrogens with zero attached hydrogens (tertiary/aromatic N) is 5. The lowest BCUT2D eigenvalue weighted by molar-refractivity contribution is -0.115. The van der Waals surface area contributed by atoms with Gasteiger partial charge in [-0.3, -0.25) is 10.1 Å². The van der Waals surface area contributed by atoms with E-state index in [1.54, 1.807) is 31.4 Å². The molecular weight excluding hydrogens is 474 g/mol. The van der Waals surface area contributed by atoms with Gasteiger partial charge in [-0.25, -0.2) is 0 Å². The number of hydrogen-bond donors (Lipinski definition) is 2. The highest BCUT2D eigenvalue weighted by atomic mass is 32.1. The van der Waals surface area contributed by atoms with E-state index in [4.69, 9.17) is 36.1 Å². The third-order valence-electron chi connectivity index (χ3n) is 5.60. The molecule has 3 saturated heterocycles. The van der Waals surface area contributed by atoms with Crippen LogP contribution >= 0.6 is 12.2 Å². The van der Waals surface area contributed by atoms with Gasteiger partial charge in [0.15, 0.2) is 16.6 Å². The molecule has 0 saturated carbocycles.